The topological polar surface area (TPSA) is 32.3 Å². The lowest BCUT2D eigenvalue weighted by molar-refractivity contribution is 0.239. The molecule has 0 spiro atoms. The van der Waals surface area contributed by atoms with Crippen molar-refractivity contribution in [3.63, 3.8) is 0 Å². The summed E-state index contributed by atoms with van der Waals surface area (Å²) >= 11 is 0. The van der Waals surface area contributed by atoms with Crippen LogP contribution in [-0.4, -0.2) is 11.1 Å². The predicted octanol–water partition coefficient (Wildman–Crippen LogP) is 2.81. The lowest BCUT2D eigenvalue weighted by Crippen LogP contribution is -2.36. The van der Waals surface area contributed by atoms with Crippen LogP contribution >= 0.6 is 0 Å². The second kappa shape index (κ2) is 4.83. The van der Waals surface area contributed by atoms with E-state index in [0.717, 1.165) is 5.92 Å². The van der Waals surface area contributed by atoms with Crippen molar-refractivity contribution in [1.82, 2.24) is 5.32 Å². The molecule has 1 atom stereocenters. The number of phenols is 1. The Labute approximate surface area is 95.5 Å². The van der Waals surface area contributed by atoms with Crippen LogP contribution in [0.1, 0.15) is 31.7 Å². The monoisotopic (exact) mass is 223 g/mol. The van der Waals surface area contributed by atoms with E-state index in [9.17, 15) is 9.50 Å². The molecule has 1 aromatic carbocycles. The molecule has 0 aromatic heterocycles. The second-order valence-corrected chi connectivity index (χ2v) is 4.61. The van der Waals surface area contributed by atoms with Gasteiger partial charge in [0.05, 0.1) is 0 Å². The molecule has 0 amide bonds. The van der Waals surface area contributed by atoms with Gasteiger partial charge in [0.1, 0.15) is 0 Å². The van der Waals surface area contributed by atoms with Crippen molar-refractivity contribution >= 4 is 0 Å². The first kappa shape index (κ1) is 11.4. The van der Waals surface area contributed by atoms with Crippen molar-refractivity contribution in [1.29, 1.82) is 0 Å². The van der Waals surface area contributed by atoms with E-state index in [2.05, 4.69) is 12.2 Å². The third kappa shape index (κ3) is 2.35. The zero-order chi connectivity index (χ0) is 11.5. The van der Waals surface area contributed by atoms with E-state index >= 15 is 0 Å². The van der Waals surface area contributed by atoms with Crippen molar-refractivity contribution in [3.05, 3.63) is 29.6 Å². The van der Waals surface area contributed by atoms with Crippen LogP contribution in [0.2, 0.25) is 0 Å². The van der Waals surface area contributed by atoms with Crippen molar-refractivity contribution in [2.45, 2.75) is 38.8 Å². The van der Waals surface area contributed by atoms with Crippen LogP contribution in [0.15, 0.2) is 18.2 Å². The number of aromatic hydroxyl groups is 1. The number of benzene rings is 1. The summed E-state index contributed by atoms with van der Waals surface area (Å²) in [7, 11) is 0. The third-order valence-electron chi connectivity index (χ3n) is 3.54. The molecule has 1 aliphatic carbocycles. The molecule has 1 saturated carbocycles. The van der Waals surface area contributed by atoms with Crippen molar-refractivity contribution < 1.29 is 9.50 Å². The molecule has 1 unspecified atom stereocenters. The molecule has 2 nitrogen and oxygen atoms in total. The SMILES string of the molecule is CC(NCc1cccc(F)c1O)C1CCC1. The van der Waals surface area contributed by atoms with Crippen molar-refractivity contribution in [3.8, 4) is 5.75 Å². The summed E-state index contributed by atoms with van der Waals surface area (Å²) in [6.45, 7) is 2.68. The highest BCUT2D eigenvalue weighted by atomic mass is 19.1. The van der Waals surface area contributed by atoms with Gasteiger partial charge in [0.2, 0.25) is 0 Å². The molecule has 1 aliphatic rings. The fraction of sp³-hybridized carbons (Fsp3) is 0.538. The van der Waals surface area contributed by atoms with E-state index < -0.39 is 5.82 Å². The Kier molecular flexibility index (Phi) is 3.44. The van der Waals surface area contributed by atoms with E-state index in [1.165, 1.54) is 25.3 Å². The fourth-order valence-electron chi connectivity index (χ4n) is 2.08. The lowest BCUT2D eigenvalue weighted by Gasteiger charge is -2.32. The van der Waals surface area contributed by atoms with Gasteiger partial charge in [-0.2, -0.15) is 0 Å². The fourth-order valence-corrected chi connectivity index (χ4v) is 2.08. The minimum absolute atomic E-state index is 0.226. The van der Waals surface area contributed by atoms with Crippen LogP contribution in [0.4, 0.5) is 4.39 Å². The molecule has 1 aromatic rings. The van der Waals surface area contributed by atoms with Gasteiger partial charge < -0.3 is 10.4 Å². The zero-order valence-corrected chi connectivity index (χ0v) is 9.54. The molecule has 0 radical (unpaired) electrons. The van der Waals surface area contributed by atoms with Gasteiger partial charge >= 0.3 is 0 Å². The van der Waals surface area contributed by atoms with Gasteiger partial charge in [0.25, 0.3) is 0 Å². The third-order valence-corrected chi connectivity index (χ3v) is 3.54. The molecule has 1 fully saturated rings. The maximum atomic E-state index is 13.1. The number of rotatable bonds is 4. The zero-order valence-electron chi connectivity index (χ0n) is 9.54. The molecule has 16 heavy (non-hydrogen) atoms. The molecule has 0 heterocycles. The number of nitrogens with one attached hydrogen (secondary N) is 1. The molecule has 0 aliphatic heterocycles. The number of halogens is 1. The van der Waals surface area contributed by atoms with Crippen molar-refractivity contribution in [2.75, 3.05) is 0 Å². The predicted molar refractivity (Wildman–Crippen MR) is 61.7 cm³/mol. The Morgan fingerprint density at radius 3 is 2.88 bits per heavy atom. The smallest absolute Gasteiger partial charge is 0.165 e. The van der Waals surface area contributed by atoms with E-state index in [4.69, 9.17) is 0 Å². The summed E-state index contributed by atoms with van der Waals surface area (Å²) in [5.74, 6) is -0.0258. The summed E-state index contributed by atoms with van der Waals surface area (Å²) in [5, 5.41) is 12.8. The lowest BCUT2D eigenvalue weighted by atomic mass is 9.80. The van der Waals surface area contributed by atoms with Gasteiger partial charge in [-0.3, -0.25) is 0 Å². The first-order valence-electron chi connectivity index (χ1n) is 5.88. The molecule has 0 bridgehead atoms. The molecule has 0 saturated heterocycles. The van der Waals surface area contributed by atoms with Gasteiger partial charge in [-0.05, 0) is 31.7 Å². The quantitative estimate of drug-likeness (QED) is 0.822. The summed E-state index contributed by atoms with van der Waals surface area (Å²) < 4.78 is 13.1. The first-order chi connectivity index (χ1) is 7.68. The molecule has 2 N–H and O–H groups in total. The van der Waals surface area contributed by atoms with Gasteiger partial charge in [0.15, 0.2) is 11.6 Å². The van der Waals surface area contributed by atoms with Gasteiger partial charge in [-0.25, -0.2) is 4.39 Å². The van der Waals surface area contributed by atoms with Gasteiger partial charge in [-0.1, -0.05) is 18.6 Å². The molecular formula is C13H18FNO. The highest BCUT2D eigenvalue weighted by Crippen LogP contribution is 2.29. The average molecular weight is 223 g/mol. The van der Waals surface area contributed by atoms with Gasteiger partial charge in [-0.15, -0.1) is 0 Å². The highest BCUT2D eigenvalue weighted by Gasteiger charge is 2.23. The minimum atomic E-state index is -0.546. The van der Waals surface area contributed by atoms with Crippen LogP contribution in [0.3, 0.4) is 0 Å². The van der Waals surface area contributed by atoms with E-state index in [-0.39, 0.29) is 5.75 Å². The van der Waals surface area contributed by atoms with Gasteiger partial charge in [0, 0.05) is 18.2 Å². The van der Waals surface area contributed by atoms with Crippen LogP contribution in [0.5, 0.6) is 5.75 Å². The average Bonchev–Trinajstić information content (AvgIpc) is 2.18. The highest BCUT2D eigenvalue weighted by molar-refractivity contribution is 5.33. The van der Waals surface area contributed by atoms with E-state index in [1.807, 2.05) is 0 Å². The van der Waals surface area contributed by atoms with Crippen LogP contribution < -0.4 is 5.32 Å². The first-order valence-corrected chi connectivity index (χ1v) is 5.88. The Bertz CT molecular complexity index is 363. The van der Waals surface area contributed by atoms with E-state index in [0.29, 0.717) is 18.2 Å². The van der Waals surface area contributed by atoms with Crippen LogP contribution in [0.25, 0.3) is 0 Å². The summed E-state index contributed by atoms with van der Waals surface area (Å²) in [6, 6.07) is 5.09. The summed E-state index contributed by atoms with van der Waals surface area (Å²) in [4.78, 5) is 0. The minimum Gasteiger partial charge on any atom is -0.505 e. The molecule has 2 rings (SSSR count). The second-order valence-electron chi connectivity index (χ2n) is 4.61. The largest absolute Gasteiger partial charge is 0.505 e. The Morgan fingerprint density at radius 2 is 2.25 bits per heavy atom. The van der Waals surface area contributed by atoms with Crippen molar-refractivity contribution in [2.24, 2.45) is 5.92 Å². The number of phenolic OH excluding ortho intramolecular Hbond substituents is 1. The maximum Gasteiger partial charge on any atom is 0.165 e. The Hall–Kier alpha value is -1.09. The maximum absolute atomic E-state index is 13.1. The summed E-state index contributed by atoms with van der Waals surface area (Å²) in [5.41, 5.74) is 0.631. The normalized spacial score (nSPS) is 18.1. The molecular weight excluding hydrogens is 205 g/mol. The molecule has 88 valence electrons. The summed E-state index contributed by atoms with van der Waals surface area (Å²) in [6.07, 6.45) is 3.88. The van der Waals surface area contributed by atoms with Crippen LogP contribution in [-0.2, 0) is 6.54 Å². The Morgan fingerprint density at radius 1 is 1.50 bits per heavy atom. The van der Waals surface area contributed by atoms with E-state index in [1.54, 1.807) is 12.1 Å². The Balaban J connectivity index is 1.91. The standard InChI is InChI=1S/C13H18FNO/c1-9(10-4-2-5-10)15-8-11-6-3-7-12(14)13(11)16/h3,6-7,9-10,15-16H,2,4-5,8H2,1H3. The van der Waals surface area contributed by atoms with Crippen LogP contribution in [0, 0.1) is 11.7 Å². The number of hydrogen-bond acceptors (Lipinski definition) is 2. The number of para-hydroxylation sites is 1. The number of hydrogen-bond donors (Lipinski definition) is 2. The molecule has 3 heteroatoms.